The fourth-order valence-electron chi connectivity index (χ4n) is 1.68. The Morgan fingerprint density at radius 3 is 2.55 bits per heavy atom. The zero-order chi connectivity index (χ0) is 14.4. The van der Waals surface area contributed by atoms with E-state index in [1.165, 1.54) is 0 Å². The summed E-state index contributed by atoms with van der Waals surface area (Å²) in [6, 6.07) is 13.7. The number of halogens is 2. The lowest BCUT2D eigenvalue weighted by molar-refractivity contribution is 0.329. The van der Waals surface area contributed by atoms with Crippen LogP contribution in [-0.2, 0) is 0 Å². The monoisotopic (exact) mass is 399 g/mol. The van der Waals surface area contributed by atoms with Crippen molar-refractivity contribution in [2.45, 2.75) is 0 Å². The van der Waals surface area contributed by atoms with Crippen LogP contribution in [0.25, 0.3) is 0 Å². The molecule has 5 heteroatoms. The Morgan fingerprint density at radius 1 is 1.05 bits per heavy atom. The molecule has 0 saturated heterocycles. The standard InChI is InChI=1S/C15H15Br2NO2/c1-19-11-6-7-15(13(17)10-11)20-9-8-18-14-5-3-2-4-12(14)16/h2-7,10,18H,8-9H2,1H3. The van der Waals surface area contributed by atoms with Crippen molar-refractivity contribution < 1.29 is 9.47 Å². The molecule has 2 aromatic rings. The van der Waals surface area contributed by atoms with Gasteiger partial charge in [0.1, 0.15) is 18.1 Å². The molecule has 0 spiro atoms. The molecule has 1 N–H and O–H groups in total. The molecule has 0 fully saturated rings. The fraction of sp³-hybridized carbons (Fsp3) is 0.200. The Hall–Kier alpha value is -1.20. The Kier molecular flexibility index (Phi) is 5.73. The molecule has 20 heavy (non-hydrogen) atoms. The molecule has 0 aliphatic rings. The van der Waals surface area contributed by atoms with Crippen LogP contribution in [0.15, 0.2) is 51.4 Å². The number of rotatable bonds is 6. The van der Waals surface area contributed by atoms with E-state index in [1.807, 2.05) is 42.5 Å². The van der Waals surface area contributed by atoms with Crippen LogP contribution in [0.5, 0.6) is 11.5 Å². The van der Waals surface area contributed by atoms with Crippen molar-refractivity contribution in [3.63, 3.8) is 0 Å². The first-order chi connectivity index (χ1) is 9.70. The first kappa shape index (κ1) is 15.2. The first-order valence-corrected chi connectivity index (χ1v) is 7.74. The number of methoxy groups -OCH3 is 1. The van der Waals surface area contributed by atoms with Gasteiger partial charge in [0, 0.05) is 16.7 Å². The molecule has 2 aromatic carbocycles. The summed E-state index contributed by atoms with van der Waals surface area (Å²) in [4.78, 5) is 0. The molecule has 106 valence electrons. The number of hydrogen-bond acceptors (Lipinski definition) is 3. The summed E-state index contributed by atoms with van der Waals surface area (Å²) in [6.07, 6.45) is 0. The number of para-hydroxylation sites is 1. The van der Waals surface area contributed by atoms with E-state index in [1.54, 1.807) is 7.11 Å². The third kappa shape index (κ3) is 4.15. The van der Waals surface area contributed by atoms with E-state index in [0.717, 1.165) is 32.7 Å². The van der Waals surface area contributed by atoms with Crippen LogP contribution >= 0.6 is 31.9 Å². The van der Waals surface area contributed by atoms with Gasteiger partial charge < -0.3 is 14.8 Å². The summed E-state index contributed by atoms with van der Waals surface area (Å²) in [7, 11) is 1.64. The zero-order valence-corrected chi connectivity index (χ0v) is 14.2. The summed E-state index contributed by atoms with van der Waals surface area (Å²) in [5, 5.41) is 3.31. The van der Waals surface area contributed by atoms with Crippen LogP contribution in [0.2, 0.25) is 0 Å². The highest BCUT2D eigenvalue weighted by Crippen LogP contribution is 2.29. The van der Waals surface area contributed by atoms with Gasteiger partial charge in [-0.2, -0.15) is 0 Å². The molecule has 0 unspecified atom stereocenters. The Balaban J connectivity index is 1.83. The SMILES string of the molecule is COc1ccc(OCCNc2ccccc2Br)c(Br)c1. The van der Waals surface area contributed by atoms with Gasteiger partial charge in [-0.05, 0) is 62.2 Å². The first-order valence-electron chi connectivity index (χ1n) is 6.15. The van der Waals surface area contributed by atoms with Crippen LogP contribution < -0.4 is 14.8 Å². The van der Waals surface area contributed by atoms with Crippen LogP contribution in [0.1, 0.15) is 0 Å². The molecule has 0 saturated carbocycles. The van der Waals surface area contributed by atoms with Gasteiger partial charge in [-0.15, -0.1) is 0 Å². The van der Waals surface area contributed by atoms with Crippen LogP contribution in [0.4, 0.5) is 5.69 Å². The summed E-state index contributed by atoms with van der Waals surface area (Å²) in [5.74, 6) is 1.61. The second-order valence-corrected chi connectivity index (χ2v) is 5.76. The molecule has 0 amide bonds. The zero-order valence-electron chi connectivity index (χ0n) is 11.0. The molecule has 3 nitrogen and oxygen atoms in total. The third-order valence-electron chi connectivity index (χ3n) is 2.69. The highest BCUT2D eigenvalue weighted by molar-refractivity contribution is 9.11. The average molecular weight is 401 g/mol. The second-order valence-electron chi connectivity index (χ2n) is 4.05. The summed E-state index contributed by atoms with van der Waals surface area (Å²) >= 11 is 6.96. The third-order valence-corrected chi connectivity index (χ3v) is 4.00. The van der Waals surface area contributed by atoms with Gasteiger partial charge in [0.05, 0.1) is 11.6 Å². The number of ether oxygens (including phenoxy) is 2. The highest BCUT2D eigenvalue weighted by atomic mass is 79.9. The minimum atomic E-state index is 0.576. The van der Waals surface area contributed by atoms with E-state index in [4.69, 9.17) is 9.47 Å². The number of nitrogens with one attached hydrogen (secondary N) is 1. The Bertz CT molecular complexity index is 576. The minimum absolute atomic E-state index is 0.576. The molecule has 0 bridgehead atoms. The molecular weight excluding hydrogens is 386 g/mol. The van der Waals surface area contributed by atoms with E-state index in [9.17, 15) is 0 Å². The van der Waals surface area contributed by atoms with Crippen molar-refractivity contribution in [1.29, 1.82) is 0 Å². The van der Waals surface area contributed by atoms with Gasteiger partial charge in [-0.1, -0.05) is 12.1 Å². The molecule has 0 aliphatic heterocycles. The van der Waals surface area contributed by atoms with Crippen molar-refractivity contribution in [2.75, 3.05) is 25.6 Å². The van der Waals surface area contributed by atoms with E-state index < -0.39 is 0 Å². The normalized spacial score (nSPS) is 10.2. The van der Waals surface area contributed by atoms with Gasteiger partial charge >= 0.3 is 0 Å². The molecule has 0 heterocycles. The fourth-order valence-corrected chi connectivity index (χ4v) is 2.57. The van der Waals surface area contributed by atoms with Crippen LogP contribution in [0, 0.1) is 0 Å². The number of benzene rings is 2. The van der Waals surface area contributed by atoms with E-state index in [2.05, 4.69) is 37.2 Å². The second kappa shape index (κ2) is 7.55. The molecule has 0 radical (unpaired) electrons. The summed E-state index contributed by atoms with van der Waals surface area (Å²) in [5.41, 5.74) is 1.06. The Labute approximate surface area is 135 Å². The van der Waals surface area contributed by atoms with Crippen molar-refractivity contribution >= 4 is 37.5 Å². The minimum Gasteiger partial charge on any atom is -0.497 e. The van der Waals surface area contributed by atoms with Gasteiger partial charge in [0.25, 0.3) is 0 Å². The van der Waals surface area contributed by atoms with Crippen molar-refractivity contribution in [1.82, 2.24) is 0 Å². The average Bonchev–Trinajstić information content (AvgIpc) is 2.46. The smallest absolute Gasteiger partial charge is 0.133 e. The van der Waals surface area contributed by atoms with Crippen molar-refractivity contribution in [2.24, 2.45) is 0 Å². The molecule has 2 rings (SSSR count). The van der Waals surface area contributed by atoms with Gasteiger partial charge in [0.15, 0.2) is 0 Å². The molecule has 0 aromatic heterocycles. The van der Waals surface area contributed by atoms with Crippen molar-refractivity contribution in [3.05, 3.63) is 51.4 Å². The van der Waals surface area contributed by atoms with Gasteiger partial charge in [0.2, 0.25) is 0 Å². The van der Waals surface area contributed by atoms with Gasteiger partial charge in [-0.3, -0.25) is 0 Å². The maximum Gasteiger partial charge on any atom is 0.133 e. The summed E-state index contributed by atoms with van der Waals surface area (Å²) in [6.45, 7) is 1.30. The quantitative estimate of drug-likeness (QED) is 0.712. The predicted molar refractivity (Wildman–Crippen MR) is 88.8 cm³/mol. The van der Waals surface area contributed by atoms with Crippen LogP contribution in [-0.4, -0.2) is 20.3 Å². The Morgan fingerprint density at radius 2 is 1.85 bits per heavy atom. The van der Waals surface area contributed by atoms with E-state index >= 15 is 0 Å². The van der Waals surface area contributed by atoms with Crippen LogP contribution in [0.3, 0.4) is 0 Å². The lowest BCUT2D eigenvalue weighted by atomic mass is 10.3. The van der Waals surface area contributed by atoms with E-state index in [0.29, 0.717) is 6.61 Å². The number of hydrogen-bond donors (Lipinski definition) is 1. The van der Waals surface area contributed by atoms with E-state index in [-0.39, 0.29) is 0 Å². The molecule has 0 atom stereocenters. The lowest BCUT2D eigenvalue weighted by Crippen LogP contribution is -2.11. The maximum absolute atomic E-state index is 5.72. The van der Waals surface area contributed by atoms with Crippen molar-refractivity contribution in [3.8, 4) is 11.5 Å². The molecular formula is C15H15Br2NO2. The summed E-state index contributed by atoms with van der Waals surface area (Å²) < 4.78 is 12.8. The largest absolute Gasteiger partial charge is 0.497 e. The molecule has 0 aliphatic carbocycles. The maximum atomic E-state index is 5.72. The topological polar surface area (TPSA) is 30.5 Å². The lowest BCUT2D eigenvalue weighted by Gasteiger charge is -2.11. The predicted octanol–water partition coefficient (Wildman–Crippen LogP) is 4.71. The number of anilines is 1. The van der Waals surface area contributed by atoms with Gasteiger partial charge in [-0.25, -0.2) is 0 Å². The highest BCUT2D eigenvalue weighted by Gasteiger charge is 2.03.